The predicted octanol–water partition coefficient (Wildman–Crippen LogP) is 5.97. The first kappa shape index (κ1) is 22.5. The zero-order valence-electron chi connectivity index (χ0n) is 20.0. The molecule has 4 rings (SSSR count). The van der Waals surface area contributed by atoms with E-state index in [0.29, 0.717) is 18.1 Å². The van der Waals surface area contributed by atoms with Crippen LogP contribution in [-0.4, -0.2) is 27.2 Å². The minimum Gasteiger partial charge on any atom is -0.390 e. The summed E-state index contributed by atoms with van der Waals surface area (Å²) in [7, 11) is 0. The summed E-state index contributed by atoms with van der Waals surface area (Å²) in [4.78, 5) is 13.2. The van der Waals surface area contributed by atoms with Crippen molar-refractivity contribution >= 4 is 5.78 Å². The zero-order chi connectivity index (χ0) is 21.9. The smallest absolute Gasteiger partial charge is 0.140 e. The molecule has 0 aromatic heterocycles. The van der Waals surface area contributed by atoms with E-state index < -0.39 is 11.2 Å². The number of carbonyl (C=O) groups excluding carboxylic acids is 1. The molecule has 3 heteroatoms. The second kappa shape index (κ2) is 7.44. The number of hydrogen-bond donors (Lipinski definition) is 2. The lowest BCUT2D eigenvalue weighted by Crippen LogP contribution is -2.51. The van der Waals surface area contributed by atoms with Crippen molar-refractivity contribution in [2.24, 2.45) is 28.6 Å². The summed E-state index contributed by atoms with van der Waals surface area (Å²) in [6, 6.07) is 0. The van der Waals surface area contributed by atoms with E-state index in [4.69, 9.17) is 0 Å². The van der Waals surface area contributed by atoms with E-state index >= 15 is 0 Å². The van der Waals surface area contributed by atoms with Gasteiger partial charge < -0.3 is 10.2 Å². The Morgan fingerprint density at radius 2 is 1.70 bits per heavy atom. The minimum atomic E-state index is -0.717. The van der Waals surface area contributed by atoms with Crippen LogP contribution in [0.3, 0.4) is 0 Å². The maximum Gasteiger partial charge on any atom is 0.140 e. The Kier molecular flexibility index (Phi) is 5.59. The van der Waals surface area contributed by atoms with Gasteiger partial charge in [0, 0.05) is 12.3 Å². The largest absolute Gasteiger partial charge is 0.390 e. The van der Waals surface area contributed by atoms with Gasteiger partial charge >= 0.3 is 0 Å². The fourth-order valence-electron chi connectivity index (χ4n) is 8.41. The average Bonchev–Trinajstić information content (AvgIpc) is 2.99. The van der Waals surface area contributed by atoms with Gasteiger partial charge in [0.05, 0.1) is 11.2 Å². The van der Waals surface area contributed by atoms with E-state index in [1.165, 1.54) is 31.3 Å². The number of fused-ring (bicyclic) bond motifs is 4. The quantitative estimate of drug-likeness (QED) is 0.543. The molecule has 30 heavy (non-hydrogen) atoms. The Labute approximate surface area is 183 Å². The number of hydrogen-bond acceptors (Lipinski definition) is 3. The molecule has 0 bridgehead atoms. The third kappa shape index (κ3) is 3.62. The molecule has 0 aromatic carbocycles. The number of rotatable bonds is 5. The fraction of sp³-hybridized carbons (Fsp3) is 0.889. The van der Waals surface area contributed by atoms with Crippen molar-refractivity contribution in [3.63, 3.8) is 0 Å². The molecule has 4 unspecified atom stereocenters. The molecule has 170 valence electrons. The maximum atomic E-state index is 13.2. The van der Waals surface area contributed by atoms with Crippen LogP contribution in [0.1, 0.15) is 112 Å². The summed E-state index contributed by atoms with van der Waals surface area (Å²) in [5.41, 5.74) is 1.85. The van der Waals surface area contributed by atoms with E-state index in [1.807, 2.05) is 20.8 Å². The third-order valence-electron chi connectivity index (χ3n) is 9.93. The predicted molar refractivity (Wildman–Crippen MR) is 121 cm³/mol. The molecule has 2 N–H and O–H groups in total. The Morgan fingerprint density at radius 1 is 0.967 bits per heavy atom. The molecule has 0 aliphatic heterocycles. The summed E-state index contributed by atoms with van der Waals surface area (Å²) in [5, 5.41) is 21.6. The van der Waals surface area contributed by atoms with E-state index in [1.54, 1.807) is 5.57 Å². The van der Waals surface area contributed by atoms with Crippen LogP contribution in [-0.2, 0) is 4.79 Å². The van der Waals surface area contributed by atoms with E-state index in [2.05, 4.69) is 13.8 Å². The lowest BCUT2D eigenvalue weighted by Gasteiger charge is -2.55. The molecule has 4 aliphatic rings. The van der Waals surface area contributed by atoms with E-state index in [-0.39, 0.29) is 22.7 Å². The molecular weight excluding hydrogens is 372 g/mol. The first-order valence-corrected chi connectivity index (χ1v) is 12.6. The van der Waals surface area contributed by atoms with Gasteiger partial charge in [0.2, 0.25) is 0 Å². The van der Waals surface area contributed by atoms with E-state index in [0.717, 1.165) is 44.9 Å². The maximum absolute atomic E-state index is 13.2. The first-order valence-electron chi connectivity index (χ1n) is 12.6. The SMILES string of the molecule is CC(C)(O)CCC[C@](C)(O)C1CCC2=C3CC(=O)[C@H]4CCCCC4(C)C3CCC21C. The van der Waals surface area contributed by atoms with Crippen LogP contribution in [0.5, 0.6) is 0 Å². The third-order valence-corrected chi connectivity index (χ3v) is 9.93. The first-order chi connectivity index (χ1) is 13.9. The van der Waals surface area contributed by atoms with Crippen LogP contribution >= 0.6 is 0 Å². The van der Waals surface area contributed by atoms with Gasteiger partial charge in [-0.2, -0.15) is 0 Å². The number of ketones is 1. The monoisotopic (exact) mass is 416 g/mol. The van der Waals surface area contributed by atoms with Crippen molar-refractivity contribution in [2.75, 3.05) is 0 Å². The van der Waals surface area contributed by atoms with Crippen molar-refractivity contribution in [3.05, 3.63) is 11.1 Å². The number of allylic oxidation sites excluding steroid dienone is 2. The van der Waals surface area contributed by atoms with Gasteiger partial charge in [0.25, 0.3) is 0 Å². The van der Waals surface area contributed by atoms with Gasteiger partial charge in [0.1, 0.15) is 5.78 Å². The molecule has 0 spiro atoms. The molecule has 0 radical (unpaired) electrons. The molecular formula is C27H44O3. The summed E-state index contributed by atoms with van der Waals surface area (Å²) in [5.74, 6) is 1.62. The Morgan fingerprint density at radius 3 is 2.40 bits per heavy atom. The van der Waals surface area contributed by atoms with Crippen LogP contribution in [0.2, 0.25) is 0 Å². The van der Waals surface area contributed by atoms with Gasteiger partial charge in [-0.3, -0.25) is 4.79 Å². The molecule has 0 heterocycles. The highest BCUT2D eigenvalue weighted by atomic mass is 16.3. The molecule has 4 aliphatic carbocycles. The van der Waals surface area contributed by atoms with Crippen LogP contribution < -0.4 is 0 Å². The van der Waals surface area contributed by atoms with Gasteiger partial charge in [-0.25, -0.2) is 0 Å². The second-order valence-electron chi connectivity index (χ2n) is 12.6. The standard InChI is InChI=1S/C27H44O3/c1-24(2,29)13-8-15-27(5,30)23-11-10-19-18-17-22(28)21-9-6-7-14-25(21,3)20(18)12-16-26(19,23)4/h20-21,23,29-30H,6-17H2,1-5H3/t20?,21-,23?,25?,26?,27+/m1/s1. The summed E-state index contributed by atoms with van der Waals surface area (Å²) in [6.45, 7) is 10.5. The highest BCUT2D eigenvalue weighted by Gasteiger charge is 2.58. The highest BCUT2D eigenvalue weighted by Crippen LogP contribution is 2.65. The topological polar surface area (TPSA) is 57.5 Å². The fourth-order valence-corrected chi connectivity index (χ4v) is 8.41. The van der Waals surface area contributed by atoms with Crippen LogP contribution in [0.4, 0.5) is 0 Å². The lowest BCUT2D eigenvalue weighted by molar-refractivity contribution is -0.134. The molecule has 3 saturated carbocycles. The Bertz CT molecular complexity index is 727. The molecule has 0 saturated heterocycles. The molecule has 0 aromatic rings. The normalized spacial score (nSPS) is 41.2. The van der Waals surface area contributed by atoms with Crippen LogP contribution in [0, 0.1) is 28.6 Å². The lowest BCUT2D eigenvalue weighted by atomic mass is 9.48. The minimum absolute atomic E-state index is 0.0300. The zero-order valence-corrected chi connectivity index (χ0v) is 20.0. The van der Waals surface area contributed by atoms with Crippen LogP contribution in [0.15, 0.2) is 11.1 Å². The van der Waals surface area contributed by atoms with Crippen molar-refractivity contribution in [2.45, 2.75) is 123 Å². The van der Waals surface area contributed by atoms with Gasteiger partial charge in [-0.1, -0.05) is 37.8 Å². The Balaban J connectivity index is 1.60. The van der Waals surface area contributed by atoms with Gasteiger partial charge in [-0.05, 0) is 101 Å². The number of aliphatic hydroxyl groups is 2. The summed E-state index contributed by atoms with van der Waals surface area (Å²) < 4.78 is 0. The number of Topliss-reactive ketones (excluding diaryl/α,β-unsaturated/α-hetero) is 1. The summed E-state index contributed by atoms with van der Waals surface area (Å²) in [6.07, 6.45) is 12.2. The summed E-state index contributed by atoms with van der Waals surface area (Å²) >= 11 is 0. The van der Waals surface area contributed by atoms with Crippen molar-refractivity contribution in [1.82, 2.24) is 0 Å². The molecule has 3 nitrogen and oxygen atoms in total. The van der Waals surface area contributed by atoms with E-state index in [9.17, 15) is 15.0 Å². The van der Waals surface area contributed by atoms with Gasteiger partial charge in [0.15, 0.2) is 0 Å². The van der Waals surface area contributed by atoms with Crippen LogP contribution in [0.25, 0.3) is 0 Å². The average molecular weight is 417 g/mol. The molecule has 0 amide bonds. The Hall–Kier alpha value is -0.670. The molecule has 3 fully saturated rings. The molecule has 6 atom stereocenters. The highest BCUT2D eigenvalue weighted by molar-refractivity contribution is 5.86. The number of carbonyl (C=O) groups is 1. The van der Waals surface area contributed by atoms with Gasteiger partial charge in [-0.15, -0.1) is 0 Å². The van der Waals surface area contributed by atoms with Crippen molar-refractivity contribution < 1.29 is 15.0 Å². The second-order valence-corrected chi connectivity index (χ2v) is 12.6. The van der Waals surface area contributed by atoms with Crippen molar-refractivity contribution in [3.8, 4) is 0 Å². The van der Waals surface area contributed by atoms with Crippen molar-refractivity contribution in [1.29, 1.82) is 0 Å².